The van der Waals surface area contributed by atoms with E-state index in [-0.39, 0.29) is 0 Å². The molecule has 0 aromatic heterocycles. The van der Waals surface area contributed by atoms with E-state index in [1.807, 2.05) is 6.07 Å². The SMILES string of the molecule is Brc1ccccc1C1=NCCCC1. The Labute approximate surface area is 87.0 Å². The Hall–Kier alpha value is -0.630. The van der Waals surface area contributed by atoms with Crippen molar-refractivity contribution in [3.63, 3.8) is 0 Å². The molecule has 0 aliphatic carbocycles. The van der Waals surface area contributed by atoms with E-state index in [0.29, 0.717) is 0 Å². The van der Waals surface area contributed by atoms with Gasteiger partial charge in [0, 0.05) is 22.3 Å². The predicted octanol–water partition coefficient (Wildman–Crippen LogP) is 3.42. The average molecular weight is 238 g/mol. The summed E-state index contributed by atoms with van der Waals surface area (Å²) in [6, 6.07) is 8.31. The standard InChI is InChI=1S/C11H12BrN/c12-10-6-2-1-5-9(10)11-7-3-4-8-13-11/h1-2,5-6H,3-4,7-8H2. The van der Waals surface area contributed by atoms with Gasteiger partial charge in [0.15, 0.2) is 0 Å². The monoisotopic (exact) mass is 237 g/mol. The van der Waals surface area contributed by atoms with Gasteiger partial charge >= 0.3 is 0 Å². The van der Waals surface area contributed by atoms with Gasteiger partial charge in [0.1, 0.15) is 0 Å². The van der Waals surface area contributed by atoms with Gasteiger partial charge in [-0.25, -0.2) is 0 Å². The molecule has 1 aromatic carbocycles. The summed E-state index contributed by atoms with van der Waals surface area (Å²) >= 11 is 3.55. The first-order valence-electron chi connectivity index (χ1n) is 4.66. The van der Waals surface area contributed by atoms with Crippen LogP contribution in [-0.4, -0.2) is 12.3 Å². The van der Waals surface area contributed by atoms with Crippen LogP contribution >= 0.6 is 15.9 Å². The fraction of sp³-hybridized carbons (Fsp3) is 0.364. The lowest BCUT2D eigenvalue weighted by molar-refractivity contribution is 0.738. The van der Waals surface area contributed by atoms with Crippen molar-refractivity contribution in [3.05, 3.63) is 34.3 Å². The van der Waals surface area contributed by atoms with Crippen LogP contribution in [0.25, 0.3) is 0 Å². The number of hydrogen-bond acceptors (Lipinski definition) is 1. The van der Waals surface area contributed by atoms with E-state index in [9.17, 15) is 0 Å². The Balaban J connectivity index is 2.34. The molecule has 0 amide bonds. The van der Waals surface area contributed by atoms with Crippen LogP contribution in [0, 0.1) is 0 Å². The Morgan fingerprint density at radius 2 is 2.00 bits per heavy atom. The molecule has 0 saturated carbocycles. The van der Waals surface area contributed by atoms with Gasteiger partial charge in [-0.05, 0) is 25.3 Å². The van der Waals surface area contributed by atoms with E-state index >= 15 is 0 Å². The third kappa shape index (κ3) is 1.99. The van der Waals surface area contributed by atoms with Gasteiger partial charge in [0.2, 0.25) is 0 Å². The van der Waals surface area contributed by atoms with Crippen LogP contribution in [0.3, 0.4) is 0 Å². The minimum absolute atomic E-state index is 0.997. The van der Waals surface area contributed by atoms with Crippen LogP contribution in [0.1, 0.15) is 24.8 Å². The average Bonchev–Trinajstić information content (AvgIpc) is 2.20. The third-order valence-corrected chi connectivity index (χ3v) is 3.00. The topological polar surface area (TPSA) is 12.4 Å². The summed E-state index contributed by atoms with van der Waals surface area (Å²) in [6.45, 7) is 0.997. The second-order valence-electron chi connectivity index (χ2n) is 3.27. The summed E-state index contributed by atoms with van der Waals surface area (Å²) in [5, 5.41) is 0. The largest absolute Gasteiger partial charge is 0.289 e. The molecular formula is C11H12BrN. The maximum absolute atomic E-state index is 4.55. The van der Waals surface area contributed by atoms with E-state index in [1.54, 1.807) is 0 Å². The molecule has 0 spiro atoms. The number of halogens is 1. The lowest BCUT2D eigenvalue weighted by atomic mass is 10.0. The zero-order valence-electron chi connectivity index (χ0n) is 7.46. The van der Waals surface area contributed by atoms with Gasteiger partial charge in [-0.15, -0.1) is 0 Å². The molecule has 2 rings (SSSR count). The van der Waals surface area contributed by atoms with Crippen molar-refractivity contribution in [1.82, 2.24) is 0 Å². The van der Waals surface area contributed by atoms with Crippen LogP contribution in [0.5, 0.6) is 0 Å². The molecule has 1 heterocycles. The zero-order chi connectivity index (χ0) is 9.10. The highest BCUT2D eigenvalue weighted by molar-refractivity contribution is 9.10. The van der Waals surface area contributed by atoms with Gasteiger partial charge in [-0.2, -0.15) is 0 Å². The lowest BCUT2D eigenvalue weighted by Crippen LogP contribution is -2.07. The second kappa shape index (κ2) is 4.05. The maximum Gasteiger partial charge on any atom is 0.0431 e. The van der Waals surface area contributed by atoms with E-state index in [1.165, 1.54) is 24.1 Å². The van der Waals surface area contributed by atoms with Crippen molar-refractivity contribution in [1.29, 1.82) is 0 Å². The van der Waals surface area contributed by atoms with Gasteiger partial charge in [0.25, 0.3) is 0 Å². The first-order valence-corrected chi connectivity index (χ1v) is 5.45. The minimum Gasteiger partial charge on any atom is -0.289 e. The van der Waals surface area contributed by atoms with Crippen LogP contribution < -0.4 is 0 Å². The smallest absolute Gasteiger partial charge is 0.0431 e. The quantitative estimate of drug-likeness (QED) is 0.710. The molecule has 0 radical (unpaired) electrons. The minimum atomic E-state index is 0.997. The molecule has 1 aliphatic rings. The highest BCUT2D eigenvalue weighted by Crippen LogP contribution is 2.21. The summed E-state index contributed by atoms with van der Waals surface area (Å²) < 4.78 is 1.16. The summed E-state index contributed by atoms with van der Waals surface area (Å²) in [5.74, 6) is 0. The van der Waals surface area contributed by atoms with Gasteiger partial charge < -0.3 is 0 Å². The van der Waals surface area contributed by atoms with Crippen molar-refractivity contribution in [3.8, 4) is 0 Å². The molecule has 1 aromatic rings. The molecule has 0 saturated heterocycles. The van der Waals surface area contributed by atoms with E-state index in [2.05, 4.69) is 39.1 Å². The molecular weight excluding hydrogens is 226 g/mol. The molecule has 1 aliphatic heterocycles. The molecule has 0 N–H and O–H groups in total. The van der Waals surface area contributed by atoms with Gasteiger partial charge in [0.05, 0.1) is 0 Å². The van der Waals surface area contributed by atoms with E-state index in [0.717, 1.165) is 17.4 Å². The fourth-order valence-corrected chi connectivity index (χ4v) is 2.13. The number of rotatable bonds is 1. The summed E-state index contributed by atoms with van der Waals surface area (Å²) in [6.07, 6.45) is 3.65. The third-order valence-electron chi connectivity index (χ3n) is 2.31. The molecule has 0 unspecified atom stereocenters. The number of benzene rings is 1. The Bertz CT molecular complexity index is 331. The summed E-state index contributed by atoms with van der Waals surface area (Å²) in [7, 11) is 0. The molecule has 2 heteroatoms. The van der Waals surface area contributed by atoms with Crippen molar-refractivity contribution in [2.24, 2.45) is 4.99 Å². The molecule has 1 nitrogen and oxygen atoms in total. The highest BCUT2D eigenvalue weighted by atomic mass is 79.9. The predicted molar refractivity (Wildman–Crippen MR) is 59.4 cm³/mol. The number of aliphatic imine (C=N–C) groups is 1. The van der Waals surface area contributed by atoms with Crippen molar-refractivity contribution < 1.29 is 0 Å². The van der Waals surface area contributed by atoms with Crippen LogP contribution in [0.2, 0.25) is 0 Å². The van der Waals surface area contributed by atoms with Crippen LogP contribution in [0.4, 0.5) is 0 Å². The summed E-state index contributed by atoms with van der Waals surface area (Å²) in [5.41, 5.74) is 2.53. The normalized spacial score (nSPS) is 16.8. The van der Waals surface area contributed by atoms with E-state index < -0.39 is 0 Å². The van der Waals surface area contributed by atoms with Crippen molar-refractivity contribution in [2.45, 2.75) is 19.3 Å². The Kier molecular flexibility index (Phi) is 2.79. The van der Waals surface area contributed by atoms with Gasteiger partial charge in [-0.3, -0.25) is 4.99 Å². The summed E-state index contributed by atoms with van der Waals surface area (Å²) in [4.78, 5) is 4.55. The van der Waals surface area contributed by atoms with Gasteiger partial charge in [-0.1, -0.05) is 34.1 Å². The maximum atomic E-state index is 4.55. The first kappa shape index (κ1) is 8.95. The second-order valence-corrected chi connectivity index (χ2v) is 4.12. The lowest BCUT2D eigenvalue weighted by Gasteiger charge is -2.12. The zero-order valence-corrected chi connectivity index (χ0v) is 9.05. The van der Waals surface area contributed by atoms with Crippen molar-refractivity contribution >= 4 is 21.6 Å². The van der Waals surface area contributed by atoms with Crippen molar-refractivity contribution in [2.75, 3.05) is 6.54 Å². The first-order chi connectivity index (χ1) is 6.38. The Morgan fingerprint density at radius 3 is 2.69 bits per heavy atom. The number of hydrogen-bond donors (Lipinski definition) is 0. The Morgan fingerprint density at radius 1 is 1.15 bits per heavy atom. The fourth-order valence-electron chi connectivity index (χ4n) is 1.61. The van der Waals surface area contributed by atoms with Crippen LogP contribution in [-0.2, 0) is 0 Å². The molecule has 68 valence electrons. The molecule has 0 fully saturated rings. The molecule has 0 bridgehead atoms. The molecule has 0 atom stereocenters. The number of nitrogens with zero attached hydrogens (tertiary/aromatic N) is 1. The highest BCUT2D eigenvalue weighted by Gasteiger charge is 2.09. The van der Waals surface area contributed by atoms with Crippen LogP contribution in [0.15, 0.2) is 33.7 Å². The molecule has 13 heavy (non-hydrogen) atoms. The van der Waals surface area contributed by atoms with E-state index in [4.69, 9.17) is 0 Å².